The molecule has 0 spiro atoms. The van der Waals surface area contributed by atoms with Crippen LogP contribution >= 0.6 is 23.2 Å². The highest BCUT2D eigenvalue weighted by molar-refractivity contribution is 6.31. The van der Waals surface area contributed by atoms with Crippen LogP contribution in [0.15, 0.2) is 54.6 Å². The molecular formula is C25H29Cl2N5O. The Hall–Kier alpha value is -2.70. The lowest BCUT2D eigenvalue weighted by Crippen LogP contribution is -2.51. The first-order valence-corrected chi connectivity index (χ1v) is 11.8. The lowest BCUT2D eigenvalue weighted by molar-refractivity contribution is 0.193. The topological polar surface area (TPSA) is 53.4 Å². The summed E-state index contributed by atoms with van der Waals surface area (Å²) in [6.07, 6.45) is 0. The van der Waals surface area contributed by atoms with Crippen molar-refractivity contribution in [1.29, 1.82) is 0 Å². The third-order valence-corrected chi connectivity index (χ3v) is 6.27. The Morgan fingerprint density at radius 1 is 0.939 bits per heavy atom. The first kappa shape index (κ1) is 23.5. The van der Waals surface area contributed by atoms with Crippen molar-refractivity contribution in [2.24, 2.45) is 0 Å². The molecule has 0 atom stereocenters. The quantitative estimate of drug-likeness (QED) is 0.529. The van der Waals surface area contributed by atoms with Crippen molar-refractivity contribution in [2.75, 3.05) is 31.1 Å². The van der Waals surface area contributed by atoms with Crippen molar-refractivity contribution in [1.82, 2.24) is 20.0 Å². The van der Waals surface area contributed by atoms with Crippen LogP contribution in [0.2, 0.25) is 10.0 Å². The van der Waals surface area contributed by atoms with Gasteiger partial charge in [0, 0.05) is 47.3 Å². The summed E-state index contributed by atoms with van der Waals surface area (Å²) in [5, 5.41) is 9.26. The summed E-state index contributed by atoms with van der Waals surface area (Å²) >= 11 is 12.2. The van der Waals surface area contributed by atoms with Crippen molar-refractivity contribution in [3.05, 3.63) is 76.0 Å². The molecule has 2 aromatic carbocycles. The van der Waals surface area contributed by atoms with E-state index in [2.05, 4.69) is 37.1 Å². The molecule has 0 unspecified atom stereocenters. The molecule has 33 heavy (non-hydrogen) atoms. The molecule has 1 aliphatic heterocycles. The number of piperazine rings is 1. The normalized spacial score (nSPS) is 14.5. The fourth-order valence-corrected chi connectivity index (χ4v) is 4.15. The number of carbonyl (C=O) groups is 1. The van der Waals surface area contributed by atoms with Gasteiger partial charge in [-0.2, -0.15) is 5.10 Å². The van der Waals surface area contributed by atoms with Crippen molar-refractivity contribution < 1.29 is 4.79 Å². The third-order valence-electron chi connectivity index (χ3n) is 5.78. The zero-order valence-electron chi connectivity index (χ0n) is 19.2. The van der Waals surface area contributed by atoms with Gasteiger partial charge in [0.05, 0.1) is 23.6 Å². The van der Waals surface area contributed by atoms with Crippen LogP contribution in [0.5, 0.6) is 0 Å². The minimum atomic E-state index is -0.111. The molecular weight excluding hydrogens is 457 g/mol. The van der Waals surface area contributed by atoms with Crippen LogP contribution in [-0.4, -0.2) is 46.9 Å². The van der Waals surface area contributed by atoms with Gasteiger partial charge in [0.1, 0.15) is 0 Å². The number of rotatable bonds is 4. The Labute approximate surface area is 205 Å². The number of aromatic nitrogens is 2. The van der Waals surface area contributed by atoms with E-state index < -0.39 is 0 Å². The average Bonchev–Trinajstić information content (AvgIpc) is 3.23. The summed E-state index contributed by atoms with van der Waals surface area (Å²) in [4.78, 5) is 17.0. The van der Waals surface area contributed by atoms with E-state index in [9.17, 15) is 4.79 Å². The predicted octanol–water partition coefficient (Wildman–Crippen LogP) is 5.51. The van der Waals surface area contributed by atoms with E-state index in [0.717, 1.165) is 40.9 Å². The second-order valence-electron chi connectivity index (χ2n) is 9.27. The van der Waals surface area contributed by atoms with Gasteiger partial charge in [0.2, 0.25) is 0 Å². The van der Waals surface area contributed by atoms with E-state index in [1.165, 1.54) is 0 Å². The molecule has 3 aromatic rings. The number of amides is 2. The van der Waals surface area contributed by atoms with Gasteiger partial charge < -0.3 is 15.1 Å². The molecule has 0 aliphatic carbocycles. The van der Waals surface area contributed by atoms with Gasteiger partial charge in [-0.15, -0.1) is 0 Å². The summed E-state index contributed by atoms with van der Waals surface area (Å²) < 4.78 is 1.87. The maximum Gasteiger partial charge on any atom is 0.317 e. The van der Waals surface area contributed by atoms with Gasteiger partial charge in [-0.3, -0.25) is 0 Å². The van der Waals surface area contributed by atoms with Crippen molar-refractivity contribution in [3.8, 4) is 5.69 Å². The van der Waals surface area contributed by atoms with Crippen LogP contribution < -0.4 is 10.2 Å². The average molecular weight is 486 g/mol. The van der Waals surface area contributed by atoms with E-state index in [1.54, 1.807) is 0 Å². The number of carbonyl (C=O) groups excluding carboxylic acids is 1. The Bertz CT molecular complexity index is 1110. The van der Waals surface area contributed by atoms with E-state index in [-0.39, 0.29) is 11.4 Å². The molecule has 1 fully saturated rings. The molecule has 174 valence electrons. The molecule has 1 aliphatic rings. The van der Waals surface area contributed by atoms with Gasteiger partial charge in [-0.25, -0.2) is 9.48 Å². The minimum Gasteiger partial charge on any atom is -0.368 e. The second-order valence-corrected chi connectivity index (χ2v) is 10.1. The summed E-state index contributed by atoms with van der Waals surface area (Å²) in [6.45, 7) is 9.64. The molecule has 0 radical (unpaired) electrons. The smallest absolute Gasteiger partial charge is 0.317 e. The van der Waals surface area contributed by atoms with E-state index in [1.807, 2.05) is 58.1 Å². The van der Waals surface area contributed by atoms with Gasteiger partial charge in [-0.05, 0) is 48.5 Å². The summed E-state index contributed by atoms with van der Waals surface area (Å²) in [7, 11) is 0. The standard InChI is InChI=1S/C25H29Cl2N5O/c1-25(2,3)23-16-22(32(29-23)21-6-4-5-19(27)15-21)17-28-24(33)31-13-11-30(12-14-31)20-9-7-18(26)8-10-20/h4-10,15-16H,11-14,17H2,1-3H3,(H,28,33). The number of anilines is 1. The molecule has 4 rings (SSSR count). The second kappa shape index (κ2) is 9.65. The summed E-state index contributed by atoms with van der Waals surface area (Å²) in [5.74, 6) is 0. The van der Waals surface area contributed by atoms with Crippen LogP contribution in [0.1, 0.15) is 32.2 Å². The minimum absolute atomic E-state index is 0.0677. The highest BCUT2D eigenvalue weighted by Crippen LogP contribution is 2.25. The summed E-state index contributed by atoms with van der Waals surface area (Å²) in [6, 6.07) is 17.4. The van der Waals surface area contributed by atoms with E-state index in [0.29, 0.717) is 24.7 Å². The molecule has 1 N–H and O–H groups in total. The number of urea groups is 1. The fraction of sp³-hybridized carbons (Fsp3) is 0.360. The van der Waals surface area contributed by atoms with Gasteiger partial charge in [-0.1, -0.05) is 50.0 Å². The van der Waals surface area contributed by atoms with Gasteiger partial charge in [0.15, 0.2) is 0 Å². The molecule has 8 heteroatoms. The monoisotopic (exact) mass is 485 g/mol. The molecule has 2 amide bonds. The maximum absolute atomic E-state index is 12.9. The SMILES string of the molecule is CC(C)(C)c1cc(CNC(=O)N2CCN(c3ccc(Cl)cc3)CC2)n(-c2cccc(Cl)c2)n1. The van der Waals surface area contributed by atoms with E-state index >= 15 is 0 Å². The Kier molecular flexibility index (Phi) is 6.86. The summed E-state index contributed by atoms with van der Waals surface area (Å²) in [5.41, 5.74) is 3.76. The zero-order valence-corrected chi connectivity index (χ0v) is 20.7. The van der Waals surface area contributed by atoms with Gasteiger partial charge in [0.25, 0.3) is 0 Å². The van der Waals surface area contributed by atoms with Gasteiger partial charge >= 0.3 is 6.03 Å². The first-order valence-electron chi connectivity index (χ1n) is 11.1. The van der Waals surface area contributed by atoms with Crippen LogP contribution in [0.3, 0.4) is 0 Å². The van der Waals surface area contributed by atoms with Crippen molar-refractivity contribution in [3.63, 3.8) is 0 Å². The molecule has 6 nitrogen and oxygen atoms in total. The predicted molar refractivity (Wildman–Crippen MR) is 135 cm³/mol. The molecule has 2 heterocycles. The van der Waals surface area contributed by atoms with Crippen LogP contribution in [0.4, 0.5) is 10.5 Å². The van der Waals surface area contributed by atoms with Crippen LogP contribution in [0.25, 0.3) is 5.69 Å². The number of nitrogens with zero attached hydrogens (tertiary/aromatic N) is 4. The highest BCUT2D eigenvalue weighted by Gasteiger charge is 2.23. The molecule has 0 bridgehead atoms. The Morgan fingerprint density at radius 3 is 2.27 bits per heavy atom. The number of halogens is 2. The first-order chi connectivity index (χ1) is 15.7. The Balaban J connectivity index is 1.42. The number of nitrogens with one attached hydrogen (secondary N) is 1. The van der Waals surface area contributed by atoms with Crippen molar-refractivity contribution >= 4 is 34.9 Å². The molecule has 0 saturated carbocycles. The fourth-order valence-electron chi connectivity index (χ4n) is 3.84. The lowest BCUT2D eigenvalue weighted by Gasteiger charge is -2.36. The number of hydrogen-bond acceptors (Lipinski definition) is 3. The van der Waals surface area contributed by atoms with E-state index in [4.69, 9.17) is 28.3 Å². The largest absolute Gasteiger partial charge is 0.368 e. The lowest BCUT2D eigenvalue weighted by atomic mass is 9.92. The number of hydrogen-bond donors (Lipinski definition) is 1. The third kappa shape index (κ3) is 5.63. The maximum atomic E-state index is 12.9. The van der Waals surface area contributed by atoms with Crippen molar-refractivity contribution in [2.45, 2.75) is 32.7 Å². The zero-order chi connectivity index (χ0) is 23.6. The van der Waals surface area contributed by atoms with Crippen LogP contribution in [0, 0.1) is 0 Å². The highest BCUT2D eigenvalue weighted by atomic mass is 35.5. The Morgan fingerprint density at radius 2 is 1.64 bits per heavy atom. The molecule has 1 aromatic heterocycles. The van der Waals surface area contributed by atoms with Crippen LogP contribution in [-0.2, 0) is 12.0 Å². The molecule has 1 saturated heterocycles. The number of benzene rings is 2.